The summed E-state index contributed by atoms with van der Waals surface area (Å²) in [6.07, 6.45) is 4.08. The maximum Gasteiger partial charge on any atom is 0.341 e. The number of rotatable bonds is 6. The molecule has 0 aliphatic heterocycles. The third-order valence-electron chi connectivity index (χ3n) is 6.79. The molecule has 7 nitrogen and oxygen atoms in total. The Morgan fingerprint density at radius 2 is 2.05 bits per heavy atom. The highest BCUT2D eigenvalue weighted by Gasteiger charge is 2.29. The van der Waals surface area contributed by atoms with Crippen LogP contribution >= 0.6 is 22.7 Å². The quantitative estimate of drug-likeness (QED) is 0.318. The number of esters is 1. The van der Waals surface area contributed by atoms with E-state index < -0.39 is 5.97 Å². The average Bonchev–Trinajstić information content (AvgIpc) is 3.42. The van der Waals surface area contributed by atoms with Crippen molar-refractivity contribution in [3.63, 3.8) is 0 Å². The molecular weight excluding hydrogens is 506 g/mol. The second-order valence-electron chi connectivity index (χ2n) is 9.65. The molecule has 5 rings (SSSR count). The van der Waals surface area contributed by atoms with E-state index in [-0.39, 0.29) is 24.6 Å². The minimum Gasteiger partial charge on any atom is -0.462 e. The van der Waals surface area contributed by atoms with Gasteiger partial charge in [0.05, 0.1) is 23.9 Å². The van der Waals surface area contributed by atoms with E-state index in [2.05, 4.69) is 23.3 Å². The molecule has 37 heavy (non-hydrogen) atoms. The Morgan fingerprint density at radius 1 is 1.24 bits per heavy atom. The molecule has 9 heteroatoms. The molecule has 1 aromatic carbocycles. The first-order valence-corrected chi connectivity index (χ1v) is 14.1. The van der Waals surface area contributed by atoms with Gasteiger partial charge in [0.1, 0.15) is 16.4 Å². The molecule has 1 unspecified atom stereocenters. The molecular formula is C28H29N3O4S2. The van der Waals surface area contributed by atoms with Gasteiger partial charge in [0.2, 0.25) is 5.91 Å². The highest BCUT2D eigenvalue weighted by molar-refractivity contribution is 7.17. The Labute approximate surface area is 223 Å². The van der Waals surface area contributed by atoms with E-state index in [1.807, 2.05) is 31.4 Å². The van der Waals surface area contributed by atoms with Crippen LogP contribution in [0.15, 0.2) is 34.7 Å². The van der Waals surface area contributed by atoms with Gasteiger partial charge < -0.3 is 10.1 Å². The number of thiophene rings is 2. The van der Waals surface area contributed by atoms with E-state index in [9.17, 15) is 14.4 Å². The lowest BCUT2D eigenvalue weighted by molar-refractivity contribution is -0.116. The second-order valence-corrected chi connectivity index (χ2v) is 11.6. The smallest absolute Gasteiger partial charge is 0.341 e. The zero-order valence-corrected chi connectivity index (χ0v) is 23.0. The van der Waals surface area contributed by atoms with Gasteiger partial charge in [0.25, 0.3) is 5.56 Å². The Morgan fingerprint density at radius 3 is 2.81 bits per heavy atom. The average molecular weight is 536 g/mol. The van der Waals surface area contributed by atoms with Crippen LogP contribution in [0.2, 0.25) is 0 Å². The van der Waals surface area contributed by atoms with E-state index in [0.717, 1.165) is 52.0 Å². The molecule has 0 radical (unpaired) electrons. The number of hydrogen-bond donors (Lipinski definition) is 1. The molecule has 3 heterocycles. The van der Waals surface area contributed by atoms with Crippen molar-refractivity contribution in [2.45, 2.75) is 53.5 Å². The van der Waals surface area contributed by atoms with Crippen molar-refractivity contribution in [1.82, 2.24) is 9.55 Å². The van der Waals surface area contributed by atoms with Crippen LogP contribution in [0.3, 0.4) is 0 Å². The van der Waals surface area contributed by atoms with Crippen molar-refractivity contribution in [1.29, 1.82) is 0 Å². The van der Waals surface area contributed by atoms with Crippen molar-refractivity contribution in [2.75, 3.05) is 11.9 Å². The topological polar surface area (TPSA) is 90.3 Å². The zero-order valence-electron chi connectivity index (χ0n) is 21.3. The Bertz CT molecular complexity index is 1580. The summed E-state index contributed by atoms with van der Waals surface area (Å²) in [7, 11) is 0. The minimum atomic E-state index is -0.415. The second kappa shape index (κ2) is 10.2. The van der Waals surface area contributed by atoms with Crippen molar-refractivity contribution in [2.24, 2.45) is 5.92 Å². The number of carbonyl (C=O) groups is 2. The third-order valence-corrected chi connectivity index (χ3v) is 8.85. The lowest BCUT2D eigenvalue weighted by Crippen LogP contribution is -2.28. The number of aryl methyl sites for hydroxylation is 2. The van der Waals surface area contributed by atoms with E-state index in [1.54, 1.807) is 6.92 Å². The van der Waals surface area contributed by atoms with Crippen LogP contribution in [0.4, 0.5) is 5.00 Å². The van der Waals surface area contributed by atoms with Gasteiger partial charge in [-0.25, -0.2) is 9.78 Å². The molecule has 0 saturated carbocycles. The normalized spacial score (nSPS) is 15.0. The van der Waals surface area contributed by atoms with Gasteiger partial charge in [0, 0.05) is 15.8 Å². The summed E-state index contributed by atoms with van der Waals surface area (Å²) in [5.74, 6) is -0.275. The molecule has 0 saturated heterocycles. The molecule has 1 amide bonds. The number of fused-ring (bicyclic) bond motifs is 2. The number of carbonyl (C=O) groups excluding carboxylic acids is 2. The Balaban J connectivity index is 1.46. The van der Waals surface area contributed by atoms with Crippen LogP contribution in [-0.2, 0) is 28.9 Å². The van der Waals surface area contributed by atoms with Gasteiger partial charge in [0.15, 0.2) is 0 Å². The molecule has 192 valence electrons. The first kappa shape index (κ1) is 25.4. The maximum atomic E-state index is 13.5. The van der Waals surface area contributed by atoms with Gasteiger partial charge in [-0.2, -0.15) is 0 Å². The minimum absolute atomic E-state index is 0.203. The number of amides is 1. The third kappa shape index (κ3) is 4.85. The lowest BCUT2D eigenvalue weighted by Gasteiger charge is -2.18. The fraction of sp³-hybridized carbons (Fsp3) is 0.357. The number of ether oxygens (including phenoxy) is 1. The van der Waals surface area contributed by atoms with Crippen LogP contribution in [0.1, 0.15) is 52.2 Å². The van der Waals surface area contributed by atoms with Gasteiger partial charge >= 0.3 is 5.97 Å². The van der Waals surface area contributed by atoms with Gasteiger partial charge in [-0.15, -0.1) is 22.7 Å². The summed E-state index contributed by atoms with van der Waals surface area (Å²) < 4.78 is 6.63. The number of hydrogen-bond acceptors (Lipinski definition) is 7. The molecule has 0 spiro atoms. The highest BCUT2D eigenvalue weighted by Crippen LogP contribution is 2.40. The van der Waals surface area contributed by atoms with E-state index in [4.69, 9.17) is 4.74 Å². The number of aromatic nitrogens is 2. The predicted molar refractivity (Wildman–Crippen MR) is 149 cm³/mol. The monoisotopic (exact) mass is 535 g/mol. The van der Waals surface area contributed by atoms with Crippen molar-refractivity contribution in [3.05, 3.63) is 67.4 Å². The zero-order chi connectivity index (χ0) is 26.3. The fourth-order valence-electron chi connectivity index (χ4n) is 4.97. The summed E-state index contributed by atoms with van der Waals surface area (Å²) in [4.78, 5) is 45.6. The van der Waals surface area contributed by atoms with Crippen LogP contribution in [-0.4, -0.2) is 28.0 Å². The Kier molecular flexibility index (Phi) is 7.00. The Hall–Kier alpha value is -3.30. The van der Waals surface area contributed by atoms with Crippen molar-refractivity contribution < 1.29 is 14.3 Å². The standard InChI is InChI=1S/C28H29N3O4S2/c1-5-35-28(34)24-19-9-7-16(3)11-21(19)37-26(24)30-22(32)12-31-14-29-25-23(27(31)33)20(13-36-25)18-8-6-15(2)10-17(18)4/h6,8,10,13-14,16H,5,7,9,11-12H2,1-4H3,(H,30,32). The van der Waals surface area contributed by atoms with E-state index >= 15 is 0 Å². The molecule has 1 N–H and O–H groups in total. The summed E-state index contributed by atoms with van der Waals surface area (Å²) in [5.41, 5.74) is 5.22. The summed E-state index contributed by atoms with van der Waals surface area (Å²) in [6, 6.07) is 6.13. The van der Waals surface area contributed by atoms with Gasteiger partial charge in [-0.3, -0.25) is 14.2 Å². The summed E-state index contributed by atoms with van der Waals surface area (Å²) in [5, 5.41) is 5.85. The maximum absolute atomic E-state index is 13.5. The molecule has 3 aromatic heterocycles. The predicted octanol–water partition coefficient (Wildman–Crippen LogP) is 5.74. The summed E-state index contributed by atoms with van der Waals surface area (Å²) in [6.45, 7) is 8.08. The van der Waals surface area contributed by atoms with E-state index in [0.29, 0.717) is 26.7 Å². The molecule has 1 aliphatic rings. The lowest BCUT2D eigenvalue weighted by atomic mass is 9.88. The van der Waals surface area contributed by atoms with Gasteiger partial charge in [-0.1, -0.05) is 30.7 Å². The van der Waals surface area contributed by atoms with Crippen LogP contribution in [0.25, 0.3) is 21.3 Å². The van der Waals surface area contributed by atoms with Crippen molar-refractivity contribution >= 4 is 49.8 Å². The number of nitrogens with zero attached hydrogens (tertiary/aromatic N) is 2. The molecule has 1 atom stereocenters. The summed E-state index contributed by atoms with van der Waals surface area (Å²) >= 11 is 2.85. The van der Waals surface area contributed by atoms with Crippen LogP contribution in [0.5, 0.6) is 0 Å². The van der Waals surface area contributed by atoms with E-state index in [1.165, 1.54) is 33.6 Å². The van der Waals surface area contributed by atoms with Crippen LogP contribution in [0, 0.1) is 19.8 Å². The largest absolute Gasteiger partial charge is 0.462 e. The number of benzene rings is 1. The molecule has 1 aliphatic carbocycles. The SMILES string of the molecule is CCOC(=O)c1c(NC(=O)Cn2cnc3scc(-c4ccc(C)cc4C)c3c2=O)sc2c1CCC(C)C2. The van der Waals surface area contributed by atoms with Crippen LogP contribution < -0.4 is 10.9 Å². The van der Waals surface area contributed by atoms with Crippen molar-refractivity contribution in [3.8, 4) is 11.1 Å². The molecule has 4 aromatic rings. The first-order valence-electron chi connectivity index (χ1n) is 12.4. The molecule has 0 fully saturated rings. The number of nitrogens with one attached hydrogen (secondary N) is 1. The fourth-order valence-corrected chi connectivity index (χ4v) is 7.29. The highest BCUT2D eigenvalue weighted by atomic mass is 32.1. The number of anilines is 1. The first-order chi connectivity index (χ1) is 17.8. The molecule has 0 bridgehead atoms. The van der Waals surface area contributed by atoms with Gasteiger partial charge in [-0.05, 0) is 62.6 Å².